The van der Waals surface area contributed by atoms with Crippen LogP contribution < -0.4 is 20.8 Å². The highest BCUT2D eigenvalue weighted by Gasteiger charge is 2.42. The molecule has 0 radical (unpaired) electrons. The lowest BCUT2D eigenvalue weighted by molar-refractivity contribution is 0.0521. The molecule has 0 bridgehead atoms. The summed E-state index contributed by atoms with van der Waals surface area (Å²) in [6, 6.07) is 13.6. The van der Waals surface area contributed by atoms with Crippen molar-refractivity contribution in [1.29, 1.82) is 0 Å². The molecule has 1 saturated carbocycles. The Morgan fingerprint density at radius 3 is 2.62 bits per heavy atom. The van der Waals surface area contributed by atoms with Gasteiger partial charge in [0.2, 0.25) is 0 Å². The van der Waals surface area contributed by atoms with Gasteiger partial charge in [-0.3, -0.25) is 0 Å². The van der Waals surface area contributed by atoms with E-state index in [4.69, 9.17) is 9.47 Å². The molecule has 0 amide bonds. The van der Waals surface area contributed by atoms with E-state index in [-0.39, 0.29) is 17.8 Å². The molecule has 2 aromatic carbocycles. The number of ether oxygens (including phenoxy) is 2. The van der Waals surface area contributed by atoms with Crippen LogP contribution in [0.4, 0.5) is 21.6 Å². The molecular formula is C29H30BrFN4O2. The molecule has 1 aromatic heterocycles. The van der Waals surface area contributed by atoms with Gasteiger partial charge in [-0.15, -0.1) is 0 Å². The average molecular weight is 565 g/mol. The maximum atomic E-state index is 14.5. The molecule has 2 heterocycles. The van der Waals surface area contributed by atoms with E-state index in [0.717, 1.165) is 42.4 Å². The Labute approximate surface area is 224 Å². The summed E-state index contributed by atoms with van der Waals surface area (Å²) in [5.41, 5.74) is 2.75. The fourth-order valence-electron chi connectivity index (χ4n) is 5.31. The van der Waals surface area contributed by atoms with Crippen molar-refractivity contribution in [2.45, 2.75) is 26.1 Å². The molecule has 4 unspecified atom stereocenters. The van der Waals surface area contributed by atoms with Gasteiger partial charge >= 0.3 is 0 Å². The molecule has 2 aliphatic carbocycles. The molecule has 2 fully saturated rings. The third-order valence-corrected chi connectivity index (χ3v) is 8.07. The molecule has 4 atom stereocenters. The summed E-state index contributed by atoms with van der Waals surface area (Å²) >= 11 is 3.31. The minimum absolute atomic E-state index is 0.0754. The van der Waals surface area contributed by atoms with Gasteiger partial charge in [-0.05, 0) is 60.2 Å². The number of anilines is 3. The number of hydrogen-bond acceptors (Lipinski definition) is 6. The first-order valence-electron chi connectivity index (χ1n) is 12.9. The predicted molar refractivity (Wildman–Crippen MR) is 146 cm³/mol. The highest BCUT2D eigenvalue weighted by Crippen LogP contribution is 2.47. The topological polar surface area (TPSA) is 59.5 Å². The molecule has 1 N–H and O–H groups in total. The van der Waals surface area contributed by atoms with Crippen molar-refractivity contribution in [3.8, 4) is 0 Å². The predicted octanol–water partition coefficient (Wildman–Crippen LogP) is 4.39. The lowest BCUT2D eigenvalue weighted by Gasteiger charge is -2.29. The van der Waals surface area contributed by atoms with E-state index < -0.39 is 0 Å². The van der Waals surface area contributed by atoms with E-state index in [9.17, 15) is 4.39 Å². The number of benzene rings is 2. The largest absolute Gasteiger partial charge is 0.378 e. The number of fused-ring (bicyclic) bond motifs is 1. The molecule has 8 heteroatoms. The lowest BCUT2D eigenvalue weighted by atomic mass is 9.90. The zero-order valence-electron chi connectivity index (χ0n) is 20.7. The highest BCUT2D eigenvalue weighted by atomic mass is 79.9. The number of morpholine rings is 1. The zero-order valence-corrected chi connectivity index (χ0v) is 22.3. The van der Waals surface area contributed by atoms with Crippen LogP contribution in [-0.2, 0) is 16.1 Å². The number of halogens is 2. The van der Waals surface area contributed by atoms with E-state index in [2.05, 4.69) is 79.5 Å². The van der Waals surface area contributed by atoms with Gasteiger partial charge in [-0.25, -0.2) is 14.4 Å². The quantitative estimate of drug-likeness (QED) is 0.459. The summed E-state index contributed by atoms with van der Waals surface area (Å²) in [7, 11) is 0. The van der Waals surface area contributed by atoms with Crippen molar-refractivity contribution < 1.29 is 13.9 Å². The van der Waals surface area contributed by atoms with Crippen molar-refractivity contribution in [2.75, 3.05) is 36.5 Å². The van der Waals surface area contributed by atoms with Crippen molar-refractivity contribution in [2.24, 2.45) is 17.8 Å². The van der Waals surface area contributed by atoms with E-state index in [1.807, 2.05) is 0 Å². The minimum Gasteiger partial charge on any atom is -0.378 e. The monoisotopic (exact) mass is 564 g/mol. The van der Waals surface area contributed by atoms with Gasteiger partial charge < -0.3 is 19.7 Å². The van der Waals surface area contributed by atoms with Gasteiger partial charge in [0.05, 0.1) is 37.0 Å². The average Bonchev–Trinajstić information content (AvgIpc) is 3.65. The third kappa shape index (κ3) is 5.42. The molecule has 192 valence electrons. The van der Waals surface area contributed by atoms with E-state index in [1.54, 1.807) is 12.1 Å². The van der Waals surface area contributed by atoms with Crippen molar-refractivity contribution in [3.05, 3.63) is 75.2 Å². The van der Waals surface area contributed by atoms with Gasteiger partial charge in [-0.1, -0.05) is 41.1 Å². The fraction of sp³-hybridized carbons (Fsp3) is 0.379. The summed E-state index contributed by atoms with van der Waals surface area (Å²) in [5.74, 6) is 1.69. The second kappa shape index (κ2) is 10.5. The number of nitrogens with one attached hydrogen (secondary N) is 1. The summed E-state index contributed by atoms with van der Waals surface area (Å²) in [4.78, 5) is 11.3. The summed E-state index contributed by atoms with van der Waals surface area (Å²) in [5, 5.41) is 4.89. The second-order valence-electron chi connectivity index (χ2n) is 10.1. The van der Waals surface area contributed by atoms with Gasteiger partial charge in [0, 0.05) is 34.4 Å². The Hall–Kier alpha value is -2.81. The van der Waals surface area contributed by atoms with Crippen LogP contribution in [-0.4, -0.2) is 42.4 Å². The SMILES string of the molecule is CC1CC1C1C=c2c(Nc3ccc(Br)cc3F)ncnc2=CC1OCc1ccc(N2CCOCC2)cc1. The first kappa shape index (κ1) is 24.5. The summed E-state index contributed by atoms with van der Waals surface area (Å²) in [6.45, 7) is 6.23. The Kier molecular flexibility index (Phi) is 6.97. The molecule has 6 rings (SSSR count). The molecule has 37 heavy (non-hydrogen) atoms. The Bertz CT molecular complexity index is 1390. The maximum Gasteiger partial charge on any atom is 0.147 e. The standard InChI is InChI=1S/C29H30BrFN4O2/c1-18-12-22(18)23-14-24-27(32-17-33-29(24)34-26-7-4-20(30)13-25(26)31)15-28(23)37-16-19-2-5-21(6-3-19)35-8-10-36-11-9-35/h2-7,13-15,17-18,22-23,28H,8-12,16H2,1H3,(H,32,33,34). The van der Waals surface area contributed by atoms with Gasteiger partial charge in [0.15, 0.2) is 0 Å². The number of nitrogens with zero attached hydrogens (tertiary/aromatic N) is 3. The van der Waals surface area contributed by atoms with Crippen LogP contribution in [0.25, 0.3) is 12.2 Å². The molecule has 6 nitrogen and oxygen atoms in total. The molecule has 1 aliphatic heterocycles. The van der Waals surface area contributed by atoms with Crippen LogP contribution in [0.15, 0.2) is 53.3 Å². The number of rotatable bonds is 7. The van der Waals surface area contributed by atoms with Crippen LogP contribution in [0.5, 0.6) is 0 Å². The summed E-state index contributed by atoms with van der Waals surface area (Å²) < 4.78 is 27.2. The van der Waals surface area contributed by atoms with Crippen LogP contribution in [0, 0.1) is 23.6 Å². The lowest BCUT2D eigenvalue weighted by Crippen LogP contribution is -2.41. The summed E-state index contributed by atoms with van der Waals surface area (Å²) in [6.07, 6.45) is 6.96. The van der Waals surface area contributed by atoms with Crippen LogP contribution >= 0.6 is 15.9 Å². The molecule has 0 spiro atoms. The van der Waals surface area contributed by atoms with Crippen LogP contribution in [0.3, 0.4) is 0 Å². The maximum absolute atomic E-state index is 14.5. The van der Waals surface area contributed by atoms with Crippen LogP contribution in [0.1, 0.15) is 18.9 Å². The Morgan fingerprint density at radius 1 is 1.11 bits per heavy atom. The molecule has 1 saturated heterocycles. The van der Waals surface area contributed by atoms with E-state index >= 15 is 0 Å². The first-order chi connectivity index (χ1) is 18.0. The van der Waals surface area contributed by atoms with Gasteiger partial charge in [0.1, 0.15) is 18.0 Å². The zero-order chi connectivity index (χ0) is 25.4. The van der Waals surface area contributed by atoms with E-state index in [1.165, 1.54) is 24.5 Å². The smallest absolute Gasteiger partial charge is 0.147 e. The Balaban J connectivity index is 1.23. The normalized spacial score (nSPS) is 24.6. The Morgan fingerprint density at radius 2 is 1.89 bits per heavy atom. The second-order valence-corrected chi connectivity index (χ2v) is 11.0. The first-order valence-corrected chi connectivity index (χ1v) is 13.6. The molecular weight excluding hydrogens is 535 g/mol. The number of hydrogen-bond donors (Lipinski definition) is 1. The van der Waals surface area contributed by atoms with Crippen molar-refractivity contribution >= 4 is 45.3 Å². The van der Waals surface area contributed by atoms with Gasteiger partial charge in [0.25, 0.3) is 0 Å². The number of aromatic nitrogens is 2. The fourth-order valence-corrected chi connectivity index (χ4v) is 5.64. The van der Waals surface area contributed by atoms with Crippen molar-refractivity contribution in [3.63, 3.8) is 0 Å². The van der Waals surface area contributed by atoms with Gasteiger partial charge in [-0.2, -0.15) is 0 Å². The highest BCUT2D eigenvalue weighted by molar-refractivity contribution is 9.10. The van der Waals surface area contributed by atoms with Crippen LogP contribution in [0.2, 0.25) is 0 Å². The third-order valence-electron chi connectivity index (χ3n) is 7.58. The van der Waals surface area contributed by atoms with Crippen molar-refractivity contribution in [1.82, 2.24) is 9.97 Å². The van der Waals surface area contributed by atoms with E-state index in [0.29, 0.717) is 34.4 Å². The molecule has 3 aliphatic rings. The molecule has 3 aromatic rings. The minimum atomic E-state index is -0.338.